The van der Waals surface area contributed by atoms with E-state index in [2.05, 4.69) is 0 Å². The van der Waals surface area contributed by atoms with Crippen molar-refractivity contribution < 1.29 is 21.6 Å². The molecule has 2 rings (SSSR count). The molecular weight excluding hydrogens is 303 g/mol. The third-order valence-corrected chi connectivity index (χ3v) is 4.54. The van der Waals surface area contributed by atoms with Crippen LogP contribution in [-0.2, 0) is 10.0 Å². The van der Waals surface area contributed by atoms with Crippen LogP contribution in [0, 0.1) is 31.3 Å². The molecule has 0 bridgehead atoms. The van der Waals surface area contributed by atoms with Gasteiger partial charge in [-0.05, 0) is 49.2 Å². The summed E-state index contributed by atoms with van der Waals surface area (Å²) in [6.45, 7) is 2.87. The Morgan fingerprint density at radius 3 is 2.00 bits per heavy atom. The molecule has 0 aromatic heterocycles. The van der Waals surface area contributed by atoms with Crippen LogP contribution in [-0.4, -0.2) is 8.42 Å². The second kappa shape index (κ2) is 5.40. The van der Waals surface area contributed by atoms with E-state index < -0.39 is 27.5 Å². The van der Waals surface area contributed by atoms with Crippen molar-refractivity contribution in [2.45, 2.75) is 18.7 Å². The molecule has 0 aliphatic rings. The van der Waals surface area contributed by atoms with Gasteiger partial charge >= 0.3 is 0 Å². The van der Waals surface area contributed by atoms with Crippen molar-refractivity contribution in [2.24, 2.45) is 0 Å². The Labute approximate surface area is 120 Å². The molecular formula is C14H12F3NO2S. The highest BCUT2D eigenvalue weighted by molar-refractivity contribution is 7.92. The second-order valence-electron chi connectivity index (χ2n) is 4.60. The van der Waals surface area contributed by atoms with Crippen molar-refractivity contribution >= 4 is 15.7 Å². The minimum absolute atomic E-state index is 0.132. The summed E-state index contributed by atoms with van der Waals surface area (Å²) in [6.07, 6.45) is 0. The molecule has 0 saturated heterocycles. The third-order valence-electron chi connectivity index (χ3n) is 2.87. The van der Waals surface area contributed by atoms with E-state index in [1.54, 1.807) is 0 Å². The predicted octanol–water partition coefficient (Wildman–Crippen LogP) is 3.52. The molecule has 2 aromatic rings. The Hall–Kier alpha value is -2.02. The number of benzene rings is 2. The minimum atomic E-state index is -4.11. The number of aryl methyl sites for hydroxylation is 2. The van der Waals surface area contributed by atoms with Crippen LogP contribution in [0.2, 0.25) is 0 Å². The number of sulfonamides is 1. The zero-order valence-electron chi connectivity index (χ0n) is 11.2. The summed E-state index contributed by atoms with van der Waals surface area (Å²) < 4.78 is 66.2. The highest BCUT2D eigenvalue weighted by atomic mass is 32.2. The Balaban J connectivity index is 2.48. The largest absolute Gasteiger partial charge is 0.277 e. The van der Waals surface area contributed by atoms with Crippen molar-refractivity contribution in [1.29, 1.82) is 0 Å². The molecule has 21 heavy (non-hydrogen) atoms. The third kappa shape index (κ3) is 3.18. The quantitative estimate of drug-likeness (QED) is 0.942. The van der Waals surface area contributed by atoms with Crippen molar-refractivity contribution in [3.63, 3.8) is 0 Å². The fraction of sp³-hybridized carbons (Fsp3) is 0.143. The summed E-state index contributed by atoms with van der Waals surface area (Å²) in [7, 11) is -4.11. The molecule has 0 heterocycles. The maximum Gasteiger partial charge on any atom is 0.262 e. The molecule has 1 N–H and O–H groups in total. The van der Waals surface area contributed by atoms with E-state index in [9.17, 15) is 21.6 Å². The van der Waals surface area contributed by atoms with Gasteiger partial charge in [0, 0.05) is 6.07 Å². The average Bonchev–Trinajstić information content (AvgIpc) is 2.30. The lowest BCUT2D eigenvalue weighted by Crippen LogP contribution is -2.17. The van der Waals surface area contributed by atoms with Gasteiger partial charge in [-0.1, -0.05) is 0 Å². The number of nitrogens with one attached hydrogen (secondary N) is 1. The van der Waals surface area contributed by atoms with Gasteiger partial charge in [-0.2, -0.15) is 0 Å². The van der Waals surface area contributed by atoms with E-state index in [0.717, 1.165) is 24.3 Å². The first-order valence-electron chi connectivity index (χ1n) is 5.95. The second-order valence-corrected chi connectivity index (χ2v) is 6.22. The zero-order chi connectivity index (χ0) is 15.8. The summed E-state index contributed by atoms with van der Waals surface area (Å²) in [4.78, 5) is -0.132. The fourth-order valence-corrected chi connectivity index (χ4v) is 3.61. The van der Waals surface area contributed by atoms with Gasteiger partial charge < -0.3 is 0 Å². The first-order chi connectivity index (χ1) is 9.70. The van der Waals surface area contributed by atoms with Gasteiger partial charge in [-0.3, -0.25) is 4.72 Å². The van der Waals surface area contributed by atoms with Crippen LogP contribution < -0.4 is 4.72 Å². The smallest absolute Gasteiger partial charge is 0.262 e. The Morgan fingerprint density at radius 2 is 1.48 bits per heavy atom. The normalized spacial score (nSPS) is 11.5. The van der Waals surface area contributed by atoms with Gasteiger partial charge in [0.15, 0.2) is 0 Å². The molecule has 112 valence electrons. The van der Waals surface area contributed by atoms with E-state index in [4.69, 9.17) is 0 Å². The molecule has 0 aliphatic heterocycles. The van der Waals surface area contributed by atoms with E-state index in [0.29, 0.717) is 6.07 Å². The first-order valence-corrected chi connectivity index (χ1v) is 7.43. The minimum Gasteiger partial charge on any atom is -0.277 e. The molecule has 2 aromatic carbocycles. The Morgan fingerprint density at radius 1 is 0.905 bits per heavy atom. The topological polar surface area (TPSA) is 46.2 Å². The lowest BCUT2D eigenvalue weighted by molar-refractivity contribution is 0.582. The highest BCUT2D eigenvalue weighted by Gasteiger charge is 2.21. The maximum atomic E-state index is 13.5. The summed E-state index contributed by atoms with van der Waals surface area (Å²) in [5.74, 6) is -2.41. The summed E-state index contributed by atoms with van der Waals surface area (Å²) in [6, 6.07) is 4.63. The van der Waals surface area contributed by atoms with Crippen LogP contribution in [0.3, 0.4) is 0 Å². The van der Waals surface area contributed by atoms with Gasteiger partial charge in [0.25, 0.3) is 10.0 Å². The van der Waals surface area contributed by atoms with Crippen molar-refractivity contribution in [1.82, 2.24) is 0 Å². The lowest BCUT2D eigenvalue weighted by Gasteiger charge is -2.13. The number of rotatable bonds is 3. The molecule has 0 fully saturated rings. The molecule has 0 saturated carbocycles. The standard InChI is InChI=1S/C14H12F3NO2S/c1-8-5-11(16)6-9(2)14(8)21(19,20)18-13-4-3-10(15)7-12(13)17/h3-7,18H,1-2H3. The number of halogens is 3. The number of anilines is 1. The van der Waals surface area contributed by atoms with Crippen LogP contribution in [0.4, 0.5) is 18.9 Å². The van der Waals surface area contributed by atoms with Crippen LogP contribution in [0.15, 0.2) is 35.2 Å². The lowest BCUT2D eigenvalue weighted by atomic mass is 10.1. The molecule has 3 nitrogen and oxygen atoms in total. The number of hydrogen-bond donors (Lipinski definition) is 1. The molecule has 0 radical (unpaired) electrons. The molecule has 0 spiro atoms. The van der Waals surface area contributed by atoms with Gasteiger partial charge in [0.2, 0.25) is 0 Å². The van der Waals surface area contributed by atoms with Crippen molar-refractivity contribution in [2.75, 3.05) is 4.72 Å². The van der Waals surface area contributed by atoms with E-state index >= 15 is 0 Å². The highest BCUT2D eigenvalue weighted by Crippen LogP contribution is 2.25. The Bertz CT molecular complexity index is 781. The molecule has 7 heteroatoms. The van der Waals surface area contributed by atoms with Gasteiger partial charge in [0.1, 0.15) is 17.5 Å². The summed E-state index contributed by atoms with van der Waals surface area (Å²) in [5, 5.41) is 0. The SMILES string of the molecule is Cc1cc(F)cc(C)c1S(=O)(=O)Nc1ccc(F)cc1F. The molecule has 0 amide bonds. The van der Waals surface area contributed by atoms with Crippen LogP contribution in [0.5, 0.6) is 0 Å². The van der Waals surface area contributed by atoms with Gasteiger partial charge in [-0.15, -0.1) is 0 Å². The first kappa shape index (κ1) is 15.4. The molecule has 0 atom stereocenters. The Kier molecular flexibility index (Phi) is 3.95. The predicted molar refractivity (Wildman–Crippen MR) is 73.0 cm³/mol. The average molecular weight is 315 g/mol. The van der Waals surface area contributed by atoms with Crippen molar-refractivity contribution in [3.8, 4) is 0 Å². The molecule has 0 unspecified atom stereocenters. The van der Waals surface area contributed by atoms with E-state index in [-0.39, 0.29) is 21.7 Å². The zero-order valence-corrected chi connectivity index (χ0v) is 12.1. The monoisotopic (exact) mass is 315 g/mol. The van der Waals surface area contributed by atoms with Gasteiger partial charge in [0.05, 0.1) is 10.6 Å². The summed E-state index contributed by atoms with van der Waals surface area (Å²) in [5.41, 5.74) is 0.0181. The number of hydrogen-bond acceptors (Lipinski definition) is 2. The fourth-order valence-electron chi connectivity index (χ4n) is 2.09. The van der Waals surface area contributed by atoms with Crippen LogP contribution in [0.25, 0.3) is 0 Å². The summed E-state index contributed by atoms with van der Waals surface area (Å²) >= 11 is 0. The van der Waals surface area contributed by atoms with Crippen LogP contribution >= 0.6 is 0 Å². The van der Waals surface area contributed by atoms with Gasteiger partial charge in [-0.25, -0.2) is 21.6 Å². The van der Waals surface area contributed by atoms with E-state index in [1.807, 2.05) is 4.72 Å². The van der Waals surface area contributed by atoms with Crippen LogP contribution in [0.1, 0.15) is 11.1 Å². The van der Waals surface area contributed by atoms with Crippen molar-refractivity contribution in [3.05, 3.63) is 58.9 Å². The molecule has 0 aliphatic carbocycles. The maximum absolute atomic E-state index is 13.5. The van der Waals surface area contributed by atoms with E-state index in [1.165, 1.54) is 13.8 Å².